The molecule has 1 aromatic heterocycles. The molecule has 0 radical (unpaired) electrons. The molecule has 0 aliphatic carbocycles. The number of amides is 1. The van der Waals surface area contributed by atoms with Gasteiger partial charge in [-0.3, -0.25) is 9.59 Å². The van der Waals surface area contributed by atoms with Crippen LogP contribution in [0.3, 0.4) is 0 Å². The number of rotatable bonds is 2. The molecule has 0 unspecified atom stereocenters. The molecule has 5 heteroatoms. The molecule has 3 N–H and O–H groups in total. The van der Waals surface area contributed by atoms with Gasteiger partial charge in [-0.25, -0.2) is 4.98 Å². The van der Waals surface area contributed by atoms with Crippen molar-refractivity contribution < 1.29 is 4.79 Å². The molecule has 0 fully saturated rings. The van der Waals surface area contributed by atoms with Crippen LogP contribution < -0.4 is 11.3 Å². The molecular weight excluding hydrogens is 146 g/mol. The third kappa shape index (κ3) is 1.89. The van der Waals surface area contributed by atoms with Gasteiger partial charge in [-0.05, 0) is 0 Å². The molecule has 0 saturated heterocycles. The fourth-order valence-corrected chi connectivity index (χ4v) is 0.688. The molecule has 1 amide bonds. The minimum Gasteiger partial charge on any atom is -0.369 e. The Balaban J connectivity index is 2.95. The van der Waals surface area contributed by atoms with E-state index in [0.717, 1.165) is 0 Å². The van der Waals surface area contributed by atoms with Gasteiger partial charge in [0.2, 0.25) is 5.91 Å². The maximum absolute atomic E-state index is 10.9. The lowest BCUT2D eigenvalue weighted by molar-refractivity contribution is -0.117. The van der Waals surface area contributed by atoms with Crippen molar-refractivity contribution in [2.24, 2.45) is 5.73 Å². The van der Waals surface area contributed by atoms with Crippen LogP contribution in [0, 0.1) is 0 Å². The molecule has 0 aliphatic rings. The SMILES string of the molecule is NC(=O)Cc1cnc[nH]c1=O. The second-order valence-electron chi connectivity index (χ2n) is 2.05. The molecule has 1 aromatic rings. The van der Waals surface area contributed by atoms with Crippen LogP contribution in [0.15, 0.2) is 17.3 Å². The predicted molar refractivity (Wildman–Crippen MR) is 37.8 cm³/mol. The smallest absolute Gasteiger partial charge is 0.254 e. The minimum absolute atomic E-state index is 0.0663. The van der Waals surface area contributed by atoms with Crippen molar-refractivity contribution in [2.75, 3.05) is 0 Å². The molecule has 1 heterocycles. The first-order valence-corrected chi connectivity index (χ1v) is 3.00. The van der Waals surface area contributed by atoms with Crippen molar-refractivity contribution >= 4 is 5.91 Å². The van der Waals surface area contributed by atoms with Gasteiger partial charge in [0.05, 0.1) is 12.7 Å². The quantitative estimate of drug-likeness (QED) is 0.559. The Hall–Kier alpha value is -1.65. The lowest BCUT2D eigenvalue weighted by Crippen LogP contribution is -2.21. The van der Waals surface area contributed by atoms with E-state index >= 15 is 0 Å². The van der Waals surface area contributed by atoms with Gasteiger partial charge in [-0.1, -0.05) is 0 Å². The number of hydrogen-bond donors (Lipinski definition) is 2. The number of aromatic nitrogens is 2. The van der Waals surface area contributed by atoms with E-state index in [1.807, 2.05) is 0 Å². The largest absolute Gasteiger partial charge is 0.369 e. The Bertz CT molecular complexity index is 318. The Kier molecular flexibility index (Phi) is 2.00. The first kappa shape index (κ1) is 7.46. The highest BCUT2D eigenvalue weighted by molar-refractivity contribution is 5.76. The van der Waals surface area contributed by atoms with E-state index in [9.17, 15) is 9.59 Å². The predicted octanol–water partition coefficient (Wildman–Crippen LogP) is -1.20. The second kappa shape index (κ2) is 2.96. The second-order valence-corrected chi connectivity index (χ2v) is 2.05. The zero-order valence-electron chi connectivity index (χ0n) is 5.70. The highest BCUT2D eigenvalue weighted by Gasteiger charge is 2.01. The van der Waals surface area contributed by atoms with Crippen LogP contribution in [-0.2, 0) is 11.2 Å². The lowest BCUT2D eigenvalue weighted by Gasteiger charge is -1.92. The van der Waals surface area contributed by atoms with Gasteiger partial charge in [0.15, 0.2) is 0 Å². The maximum Gasteiger partial charge on any atom is 0.254 e. The van der Waals surface area contributed by atoms with E-state index in [2.05, 4.69) is 9.97 Å². The number of nitrogens with one attached hydrogen (secondary N) is 1. The number of hydrogen-bond acceptors (Lipinski definition) is 3. The monoisotopic (exact) mass is 153 g/mol. The molecule has 0 spiro atoms. The van der Waals surface area contributed by atoms with E-state index < -0.39 is 5.91 Å². The summed E-state index contributed by atoms with van der Waals surface area (Å²) < 4.78 is 0. The van der Waals surface area contributed by atoms with Gasteiger partial charge in [0, 0.05) is 11.8 Å². The van der Waals surface area contributed by atoms with Crippen molar-refractivity contribution in [2.45, 2.75) is 6.42 Å². The lowest BCUT2D eigenvalue weighted by atomic mass is 10.2. The fraction of sp³-hybridized carbons (Fsp3) is 0.167. The number of aromatic amines is 1. The Morgan fingerprint density at radius 1 is 1.73 bits per heavy atom. The summed E-state index contributed by atoms with van der Waals surface area (Å²) in [6, 6.07) is 0. The Morgan fingerprint density at radius 3 is 3.00 bits per heavy atom. The molecule has 0 aliphatic heterocycles. The van der Waals surface area contributed by atoms with Gasteiger partial charge in [-0.2, -0.15) is 0 Å². The number of primary amides is 1. The van der Waals surface area contributed by atoms with Crippen molar-refractivity contribution in [1.29, 1.82) is 0 Å². The van der Waals surface area contributed by atoms with E-state index in [1.165, 1.54) is 12.5 Å². The molecule has 11 heavy (non-hydrogen) atoms. The topological polar surface area (TPSA) is 88.8 Å². The summed E-state index contributed by atoms with van der Waals surface area (Å²) in [5, 5.41) is 0. The van der Waals surface area contributed by atoms with Crippen LogP contribution in [0.5, 0.6) is 0 Å². The standard InChI is InChI=1S/C6H7N3O2/c7-5(10)1-4-2-8-3-9-6(4)11/h2-3H,1H2,(H2,7,10)(H,8,9,11). The van der Waals surface area contributed by atoms with Gasteiger partial charge in [-0.15, -0.1) is 0 Å². The molecule has 0 aromatic carbocycles. The van der Waals surface area contributed by atoms with Crippen LogP contribution in [0.1, 0.15) is 5.56 Å². The number of carbonyl (C=O) groups excluding carboxylic acids is 1. The van der Waals surface area contributed by atoms with Gasteiger partial charge in [0.1, 0.15) is 0 Å². The summed E-state index contributed by atoms with van der Waals surface area (Å²) in [6.07, 6.45) is 2.51. The molecular formula is C6H7N3O2. The van der Waals surface area contributed by atoms with Crippen LogP contribution in [0.2, 0.25) is 0 Å². The van der Waals surface area contributed by atoms with E-state index in [0.29, 0.717) is 5.56 Å². The average Bonchev–Trinajstić information content (AvgIpc) is 1.93. The highest BCUT2D eigenvalue weighted by atomic mass is 16.1. The first-order chi connectivity index (χ1) is 5.20. The molecule has 0 bridgehead atoms. The van der Waals surface area contributed by atoms with Crippen LogP contribution in [0.4, 0.5) is 0 Å². The van der Waals surface area contributed by atoms with Gasteiger partial charge >= 0.3 is 0 Å². The van der Waals surface area contributed by atoms with Crippen molar-refractivity contribution in [1.82, 2.24) is 9.97 Å². The third-order valence-corrected chi connectivity index (χ3v) is 1.16. The summed E-state index contributed by atoms with van der Waals surface area (Å²) in [5.74, 6) is -0.538. The fourth-order valence-electron chi connectivity index (χ4n) is 0.688. The minimum atomic E-state index is -0.538. The average molecular weight is 153 g/mol. The molecule has 5 nitrogen and oxygen atoms in total. The number of nitrogens with two attached hydrogens (primary N) is 1. The molecule has 1 rings (SSSR count). The summed E-state index contributed by atoms with van der Waals surface area (Å²) in [6.45, 7) is 0. The van der Waals surface area contributed by atoms with Crippen molar-refractivity contribution in [3.05, 3.63) is 28.4 Å². The van der Waals surface area contributed by atoms with E-state index in [-0.39, 0.29) is 12.0 Å². The van der Waals surface area contributed by atoms with Gasteiger partial charge < -0.3 is 10.7 Å². The Labute approximate surface area is 62.3 Å². The van der Waals surface area contributed by atoms with Crippen molar-refractivity contribution in [3.63, 3.8) is 0 Å². The zero-order chi connectivity index (χ0) is 8.27. The van der Waals surface area contributed by atoms with E-state index in [4.69, 9.17) is 5.73 Å². The summed E-state index contributed by atoms with van der Waals surface area (Å²) in [5.41, 5.74) is 4.84. The number of carbonyl (C=O) groups is 1. The van der Waals surface area contributed by atoms with Crippen LogP contribution in [-0.4, -0.2) is 15.9 Å². The summed E-state index contributed by atoms with van der Waals surface area (Å²) in [7, 11) is 0. The summed E-state index contributed by atoms with van der Waals surface area (Å²) in [4.78, 5) is 27.2. The third-order valence-electron chi connectivity index (χ3n) is 1.16. The number of nitrogens with zero attached hydrogens (tertiary/aromatic N) is 1. The van der Waals surface area contributed by atoms with Crippen molar-refractivity contribution in [3.8, 4) is 0 Å². The first-order valence-electron chi connectivity index (χ1n) is 3.00. The van der Waals surface area contributed by atoms with Crippen LogP contribution >= 0.6 is 0 Å². The molecule has 58 valence electrons. The number of H-pyrrole nitrogens is 1. The van der Waals surface area contributed by atoms with E-state index in [1.54, 1.807) is 0 Å². The maximum atomic E-state index is 10.9. The highest BCUT2D eigenvalue weighted by Crippen LogP contribution is 1.85. The summed E-state index contributed by atoms with van der Waals surface area (Å²) >= 11 is 0. The van der Waals surface area contributed by atoms with Gasteiger partial charge in [0.25, 0.3) is 5.56 Å². The normalized spacial score (nSPS) is 9.45. The Morgan fingerprint density at radius 2 is 2.45 bits per heavy atom. The van der Waals surface area contributed by atoms with Crippen LogP contribution in [0.25, 0.3) is 0 Å². The zero-order valence-corrected chi connectivity index (χ0v) is 5.70. The molecule has 0 atom stereocenters. The molecule has 0 saturated carbocycles.